The minimum absolute atomic E-state index is 0.188. The first-order valence-corrected chi connectivity index (χ1v) is 6.28. The molecule has 1 N–H and O–H groups in total. The Morgan fingerprint density at radius 2 is 2.00 bits per heavy atom. The fourth-order valence-corrected chi connectivity index (χ4v) is 1.82. The van der Waals surface area contributed by atoms with E-state index in [0.717, 1.165) is 11.3 Å². The number of nitrogens with one attached hydrogen (secondary N) is 1. The van der Waals surface area contributed by atoms with Crippen molar-refractivity contribution in [2.75, 3.05) is 13.2 Å². The Balaban J connectivity index is 2.52. The average molecular weight is 270 g/mol. The van der Waals surface area contributed by atoms with Crippen molar-refractivity contribution >= 4 is 23.7 Å². The van der Waals surface area contributed by atoms with Gasteiger partial charge in [-0.2, -0.15) is 0 Å². The van der Waals surface area contributed by atoms with Crippen molar-refractivity contribution in [1.82, 2.24) is 10.2 Å². The molecule has 0 aromatic heterocycles. The predicted molar refractivity (Wildman–Crippen MR) is 65.2 cm³/mol. The van der Waals surface area contributed by atoms with Crippen molar-refractivity contribution in [1.29, 1.82) is 0 Å². The quantitative estimate of drug-likeness (QED) is 0.406. The van der Waals surface area contributed by atoms with Crippen molar-refractivity contribution in [2.45, 2.75) is 39.2 Å². The van der Waals surface area contributed by atoms with E-state index >= 15 is 0 Å². The molecule has 3 amide bonds. The van der Waals surface area contributed by atoms with Crippen LogP contribution in [0.4, 0.5) is 4.79 Å². The molecule has 0 bridgehead atoms. The summed E-state index contributed by atoms with van der Waals surface area (Å²) in [7, 11) is 0. The van der Waals surface area contributed by atoms with Crippen LogP contribution >= 0.6 is 0 Å². The van der Waals surface area contributed by atoms with Crippen molar-refractivity contribution in [2.24, 2.45) is 0 Å². The molecular weight excluding hydrogens is 252 g/mol. The zero-order valence-electron chi connectivity index (χ0n) is 11.1. The van der Waals surface area contributed by atoms with Gasteiger partial charge in [0.05, 0.1) is 13.2 Å². The fraction of sp³-hybridized carbons (Fsp3) is 0.667. The number of ketones is 1. The summed E-state index contributed by atoms with van der Waals surface area (Å²) >= 11 is 0. The van der Waals surface area contributed by atoms with Gasteiger partial charge in [-0.3, -0.25) is 19.3 Å². The molecule has 19 heavy (non-hydrogen) atoms. The Morgan fingerprint density at radius 3 is 2.58 bits per heavy atom. The summed E-state index contributed by atoms with van der Waals surface area (Å²) in [6.45, 7) is 3.33. The van der Waals surface area contributed by atoms with E-state index in [1.807, 2.05) is 6.92 Å². The van der Waals surface area contributed by atoms with Crippen LogP contribution < -0.4 is 5.32 Å². The van der Waals surface area contributed by atoms with Gasteiger partial charge in [0.25, 0.3) is 5.91 Å². The van der Waals surface area contributed by atoms with E-state index in [9.17, 15) is 19.2 Å². The lowest BCUT2D eigenvalue weighted by atomic mass is 10.1. The second-order valence-electron chi connectivity index (χ2n) is 4.24. The first-order chi connectivity index (χ1) is 8.99. The number of carbonyl (C=O) groups is 4. The van der Waals surface area contributed by atoms with Crippen LogP contribution in [0.25, 0.3) is 0 Å². The monoisotopic (exact) mass is 270 g/mol. The van der Waals surface area contributed by atoms with Crippen molar-refractivity contribution in [3.05, 3.63) is 0 Å². The minimum atomic E-state index is -0.648. The standard InChI is InChI=1S/C12H18N2O5/c1-3-5-9-11(17)14(12(18)13-9)7-8(15)6-10(16)19-4-2/h9H,3-7H2,1-2H3,(H,13,18). The fourth-order valence-electron chi connectivity index (χ4n) is 1.82. The maximum absolute atomic E-state index is 11.8. The normalized spacial score (nSPS) is 18.4. The van der Waals surface area contributed by atoms with Gasteiger partial charge in [-0.1, -0.05) is 13.3 Å². The Bertz CT molecular complexity index is 394. The predicted octanol–water partition coefficient (Wildman–Crippen LogP) is 0.229. The van der Waals surface area contributed by atoms with Gasteiger partial charge < -0.3 is 10.1 Å². The van der Waals surface area contributed by atoms with Crippen LogP contribution in [0.15, 0.2) is 0 Å². The van der Waals surface area contributed by atoms with E-state index < -0.39 is 36.2 Å². The van der Waals surface area contributed by atoms with Crippen LogP contribution in [-0.2, 0) is 19.1 Å². The largest absolute Gasteiger partial charge is 0.466 e. The molecule has 0 aromatic carbocycles. The Morgan fingerprint density at radius 1 is 1.32 bits per heavy atom. The highest BCUT2D eigenvalue weighted by molar-refractivity contribution is 6.08. The molecule has 7 nitrogen and oxygen atoms in total. The summed E-state index contributed by atoms with van der Waals surface area (Å²) in [6, 6.07) is -1.14. The molecule has 1 aliphatic heterocycles. The number of hydrogen-bond donors (Lipinski definition) is 1. The van der Waals surface area contributed by atoms with E-state index in [0.29, 0.717) is 6.42 Å². The number of ether oxygens (including phenoxy) is 1. The molecule has 1 aliphatic rings. The van der Waals surface area contributed by atoms with Crippen molar-refractivity contribution in [3.63, 3.8) is 0 Å². The minimum Gasteiger partial charge on any atom is -0.466 e. The zero-order chi connectivity index (χ0) is 14.4. The van der Waals surface area contributed by atoms with E-state index in [4.69, 9.17) is 0 Å². The molecule has 0 radical (unpaired) electrons. The Kier molecular flexibility index (Phi) is 5.47. The summed E-state index contributed by atoms with van der Waals surface area (Å²) in [5.74, 6) is -1.58. The average Bonchev–Trinajstić information content (AvgIpc) is 2.58. The molecular formula is C12H18N2O5. The molecule has 1 heterocycles. The van der Waals surface area contributed by atoms with Gasteiger partial charge in [-0.15, -0.1) is 0 Å². The lowest BCUT2D eigenvalue weighted by Gasteiger charge is -2.11. The molecule has 0 saturated carbocycles. The highest BCUT2D eigenvalue weighted by atomic mass is 16.5. The molecule has 0 spiro atoms. The van der Waals surface area contributed by atoms with Gasteiger partial charge in [0.2, 0.25) is 0 Å². The number of imide groups is 1. The molecule has 1 unspecified atom stereocenters. The van der Waals surface area contributed by atoms with Gasteiger partial charge in [0.15, 0.2) is 5.78 Å². The topological polar surface area (TPSA) is 92.8 Å². The first-order valence-electron chi connectivity index (χ1n) is 6.28. The third kappa shape index (κ3) is 4.04. The van der Waals surface area contributed by atoms with Gasteiger partial charge in [-0.25, -0.2) is 4.79 Å². The number of urea groups is 1. The number of nitrogens with zero attached hydrogens (tertiary/aromatic N) is 1. The second-order valence-corrected chi connectivity index (χ2v) is 4.24. The summed E-state index contributed by atoms with van der Waals surface area (Å²) in [6.07, 6.45) is 0.859. The van der Waals surface area contributed by atoms with Crippen LogP contribution in [0, 0.1) is 0 Å². The van der Waals surface area contributed by atoms with Crippen molar-refractivity contribution < 1.29 is 23.9 Å². The number of amides is 3. The summed E-state index contributed by atoms with van der Waals surface area (Å²) in [5.41, 5.74) is 0. The highest BCUT2D eigenvalue weighted by Crippen LogP contribution is 2.11. The van der Waals surface area contributed by atoms with Gasteiger partial charge in [0, 0.05) is 0 Å². The van der Waals surface area contributed by atoms with E-state index in [-0.39, 0.29) is 13.2 Å². The van der Waals surface area contributed by atoms with Gasteiger partial charge in [-0.05, 0) is 13.3 Å². The van der Waals surface area contributed by atoms with Crippen LogP contribution in [0.3, 0.4) is 0 Å². The number of rotatable bonds is 7. The third-order valence-electron chi connectivity index (χ3n) is 2.67. The molecule has 1 atom stereocenters. The Labute approximate surface area is 111 Å². The number of hydrogen-bond acceptors (Lipinski definition) is 5. The molecule has 1 saturated heterocycles. The smallest absolute Gasteiger partial charge is 0.325 e. The second kappa shape index (κ2) is 6.86. The summed E-state index contributed by atoms with van der Waals surface area (Å²) < 4.78 is 4.63. The lowest BCUT2D eigenvalue weighted by molar-refractivity contribution is -0.146. The Hall–Kier alpha value is -1.92. The van der Waals surface area contributed by atoms with Crippen LogP contribution in [-0.4, -0.2) is 47.8 Å². The van der Waals surface area contributed by atoms with E-state index in [1.165, 1.54) is 0 Å². The van der Waals surface area contributed by atoms with Crippen LogP contribution in [0.5, 0.6) is 0 Å². The van der Waals surface area contributed by atoms with E-state index in [1.54, 1.807) is 6.92 Å². The molecule has 106 valence electrons. The number of Topliss-reactive ketones (excluding diaryl/α,β-unsaturated/α-hetero) is 1. The number of esters is 1. The molecule has 0 aliphatic carbocycles. The van der Waals surface area contributed by atoms with Crippen LogP contribution in [0.2, 0.25) is 0 Å². The molecule has 7 heteroatoms. The van der Waals surface area contributed by atoms with Crippen molar-refractivity contribution in [3.8, 4) is 0 Å². The first kappa shape index (κ1) is 15.1. The van der Waals surface area contributed by atoms with Gasteiger partial charge >= 0.3 is 12.0 Å². The third-order valence-corrected chi connectivity index (χ3v) is 2.67. The zero-order valence-corrected chi connectivity index (χ0v) is 11.1. The lowest BCUT2D eigenvalue weighted by Crippen LogP contribution is -2.36. The summed E-state index contributed by atoms with van der Waals surface area (Å²) in [4.78, 5) is 46.9. The highest BCUT2D eigenvalue weighted by Gasteiger charge is 2.38. The van der Waals surface area contributed by atoms with Crippen LogP contribution in [0.1, 0.15) is 33.1 Å². The molecule has 1 fully saturated rings. The summed E-state index contributed by atoms with van der Waals surface area (Å²) in [5, 5.41) is 2.51. The molecule has 1 rings (SSSR count). The SMILES string of the molecule is CCCC1NC(=O)N(CC(=O)CC(=O)OCC)C1=O. The van der Waals surface area contributed by atoms with Gasteiger partial charge in [0.1, 0.15) is 12.5 Å². The van der Waals surface area contributed by atoms with E-state index in [2.05, 4.69) is 10.1 Å². The maximum Gasteiger partial charge on any atom is 0.325 e. The number of carbonyl (C=O) groups excluding carboxylic acids is 4. The molecule has 0 aromatic rings. The maximum atomic E-state index is 11.8.